The van der Waals surface area contributed by atoms with Crippen LogP contribution in [0.25, 0.3) is 5.69 Å². The summed E-state index contributed by atoms with van der Waals surface area (Å²) in [6.45, 7) is 2.88. The number of hydrogen-bond donors (Lipinski definition) is 2. The van der Waals surface area contributed by atoms with E-state index >= 15 is 0 Å². The summed E-state index contributed by atoms with van der Waals surface area (Å²) in [5.41, 5.74) is 1.91. The summed E-state index contributed by atoms with van der Waals surface area (Å²) in [6.07, 6.45) is 1.99. The minimum absolute atomic E-state index is 0.0341. The number of benzene rings is 2. The van der Waals surface area contributed by atoms with Gasteiger partial charge in [-0.2, -0.15) is 4.68 Å². The Labute approximate surface area is 186 Å². The summed E-state index contributed by atoms with van der Waals surface area (Å²) in [6, 6.07) is 18.9. The molecule has 1 fully saturated rings. The van der Waals surface area contributed by atoms with Crippen molar-refractivity contribution in [2.24, 2.45) is 0 Å². The van der Waals surface area contributed by atoms with Crippen LogP contribution < -0.4 is 15.5 Å². The van der Waals surface area contributed by atoms with Gasteiger partial charge in [0, 0.05) is 32.5 Å². The molecular weight excluding hydrogens is 406 g/mol. The molecule has 166 valence electrons. The van der Waals surface area contributed by atoms with E-state index in [0.29, 0.717) is 12.4 Å². The second kappa shape index (κ2) is 10.0. The summed E-state index contributed by atoms with van der Waals surface area (Å²) >= 11 is 0. The standard InChI is InChI=1S/C23H27N7O2/c1-17(31)24-21(16-18-8-4-2-5-9-18)22(32)25-19-12-14-29(15-13-19)23-26-27-28-30(23)20-10-6-3-7-11-20/h2-11,19,21H,12-16H2,1H3,(H,24,31)(H,25,32). The number of aromatic nitrogens is 4. The quantitative estimate of drug-likeness (QED) is 0.585. The highest BCUT2D eigenvalue weighted by atomic mass is 16.2. The van der Waals surface area contributed by atoms with E-state index in [0.717, 1.165) is 37.2 Å². The Morgan fingerprint density at radius 1 is 1.03 bits per heavy atom. The molecule has 0 radical (unpaired) electrons. The van der Waals surface area contributed by atoms with Crippen molar-refractivity contribution < 1.29 is 9.59 Å². The molecule has 4 rings (SSSR count). The first-order chi connectivity index (χ1) is 15.6. The molecule has 2 aromatic carbocycles. The second-order valence-corrected chi connectivity index (χ2v) is 7.94. The van der Waals surface area contributed by atoms with Crippen molar-refractivity contribution in [1.82, 2.24) is 30.8 Å². The lowest BCUT2D eigenvalue weighted by molar-refractivity contribution is -0.128. The molecular formula is C23H27N7O2. The lowest BCUT2D eigenvalue weighted by atomic mass is 10.0. The first-order valence-corrected chi connectivity index (χ1v) is 10.8. The number of carbonyl (C=O) groups excluding carboxylic acids is 2. The summed E-state index contributed by atoms with van der Waals surface area (Å²) < 4.78 is 1.73. The van der Waals surface area contributed by atoms with Crippen molar-refractivity contribution in [2.45, 2.75) is 38.3 Å². The molecule has 0 bridgehead atoms. The fraction of sp³-hybridized carbons (Fsp3) is 0.348. The number of rotatable bonds is 7. The normalized spacial score (nSPS) is 15.2. The van der Waals surface area contributed by atoms with Crippen molar-refractivity contribution in [3.05, 3.63) is 66.2 Å². The van der Waals surface area contributed by atoms with Crippen LogP contribution in [-0.2, 0) is 16.0 Å². The predicted molar refractivity (Wildman–Crippen MR) is 120 cm³/mol. The third-order valence-electron chi connectivity index (χ3n) is 5.55. The number of piperidine rings is 1. The van der Waals surface area contributed by atoms with Crippen molar-refractivity contribution in [3.8, 4) is 5.69 Å². The third-order valence-corrected chi connectivity index (χ3v) is 5.55. The number of nitrogens with zero attached hydrogens (tertiary/aromatic N) is 5. The Balaban J connectivity index is 1.35. The van der Waals surface area contributed by atoms with Gasteiger partial charge < -0.3 is 15.5 Å². The van der Waals surface area contributed by atoms with Gasteiger partial charge in [-0.15, -0.1) is 0 Å². The Kier molecular flexibility index (Phi) is 6.74. The van der Waals surface area contributed by atoms with E-state index in [1.165, 1.54) is 6.92 Å². The van der Waals surface area contributed by atoms with E-state index in [2.05, 4.69) is 31.1 Å². The molecule has 2 heterocycles. The average molecular weight is 434 g/mol. The fourth-order valence-electron chi connectivity index (χ4n) is 3.95. The minimum atomic E-state index is -0.599. The van der Waals surface area contributed by atoms with Crippen LogP contribution in [-0.4, -0.2) is 57.2 Å². The first-order valence-electron chi connectivity index (χ1n) is 10.8. The van der Waals surface area contributed by atoms with Gasteiger partial charge >= 0.3 is 0 Å². The topological polar surface area (TPSA) is 105 Å². The van der Waals surface area contributed by atoms with Crippen LogP contribution in [0.3, 0.4) is 0 Å². The zero-order chi connectivity index (χ0) is 22.3. The molecule has 9 heteroatoms. The molecule has 1 aromatic heterocycles. The number of nitrogens with one attached hydrogen (secondary N) is 2. The van der Waals surface area contributed by atoms with Crippen molar-refractivity contribution >= 4 is 17.8 Å². The number of para-hydroxylation sites is 1. The zero-order valence-electron chi connectivity index (χ0n) is 18.0. The van der Waals surface area contributed by atoms with Crippen LogP contribution in [0.5, 0.6) is 0 Å². The number of amides is 2. The second-order valence-electron chi connectivity index (χ2n) is 7.94. The molecule has 0 spiro atoms. The molecule has 0 saturated carbocycles. The Bertz CT molecular complexity index is 1030. The maximum Gasteiger partial charge on any atom is 0.250 e. The predicted octanol–water partition coefficient (Wildman–Crippen LogP) is 1.49. The van der Waals surface area contributed by atoms with Gasteiger partial charge in [0.15, 0.2) is 0 Å². The van der Waals surface area contributed by atoms with Crippen LogP contribution >= 0.6 is 0 Å². The van der Waals surface area contributed by atoms with E-state index in [1.54, 1.807) is 4.68 Å². The lowest BCUT2D eigenvalue weighted by Crippen LogP contribution is -2.52. The number of carbonyl (C=O) groups is 2. The highest BCUT2D eigenvalue weighted by Gasteiger charge is 2.27. The fourth-order valence-corrected chi connectivity index (χ4v) is 3.95. The number of tetrazole rings is 1. The van der Waals surface area contributed by atoms with Crippen LogP contribution in [0, 0.1) is 0 Å². The Morgan fingerprint density at radius 3 is 2.34 bits per heavy atom. The Morgan fingerprint density at radius 2 is 1.69 bits per heavy atom. The van der Waals surface area contributed by atoms with E-state index in [-0.39, 0.29) is 17.9 Å². The van der Waals surface area contributed by atoms with Gasteiger partial charge in [-0.3, -0.25) is 9.59 Å². The maximum atomic E-state index is 12.9. The summed E-state index contributed by atoms with van der Waals surface area (Å²) in [5, 5.41) is 18.1. The van der Waals surface area contributed by atoms with Gasteiger partial charge in [0.05, 0.1) is 5.69 Å². The lowest BCUT2D eigenvalue weighted by Gasteiger charge is -2.33. The van der Waals surface area contributed by atoms with E-state index in [9.17, 15) is 9.59 Å². The van der Waals surface area contributed by atoms with Gasteiger partial charge in [-0.05, 0) is 41.0 Å². The van der Waals surface area contributed by atoms with Crippen molar-refractivity contribution in [1.29, 1.82) is 0 Å². The SMILES string of the molecule is CC(=O)NC(Cc1ccccc1)C(=O)NC1CCN(c2nnnn2-c2ccccc2)CC1. The van der Waals surface area contributed by atoms with Gasteiger partial charge in [0.2, 0.25) is 17.8 Å². The minimum Gasteiger partial charge on any atom is -0.351 e. The largest absolute Gasteiger partial charge is 0.351 e. The maximum absolute atomic E-state index is 12.9. The molecule has 1 aliphatic rings. The van der Waals surface area contributed by atoms with Gasteiger partial charge in [0.1, 0.15) is 6.04 Å². The Hall–Kier alpha value is -3.75. The molecule has 32 heavy (non-hydrogen) atoms. The highest BCUT2D eigenvalue weighted by molar-refractivity contribution is 5.87. The molecule has 1 atom stereocenters. The van der Waals surface area contributed by atoms with Crippen LogP contribution in [0.15, 0.2) is 60.7 Å². The van der Waals surface area contributed by atoms with Crippen molar-refractivity contribution in [3.63, 3.8) is 0 Å². The number of hydrogen-bond acceptors (Lipinski definition) is 6. The van der Waals surface area contributed by atoms with Gasteiger partial charge in [-0.25, -0.2) is 0 Å². The average Bonchev–Trinajstić information content (AvgIpc) is 3.30. The van der Waals surface area contributed by atoms with Crippen molar-refractivity contribution in [2.75, 3.05) is 18.0 Å². The van der Waals surface area contributed by atoms with Crippen LogP contribution in [0.4, 0.5) is 5.95 Å². The van der Waals surface area contributed by atoms with Crippen LogP contribution in [0.2, 0.25) is 0 Å². The summed E-state index contributed by atoms with van der Waals surface area (Å²) in [7, 11) is 0. The molecule has 1 unspecified atom stereocenters. The molecule has 1 saturated heterocycles. The van der Waals surface area contributed by atoms with E-state index < -0.39 is 6.04 Å². The molecule has 2 amide bonds. The highest BCUT2D eigenvalue weighted by Crippen LogP contribution is 2.20. The monoisotopic (exact) mass is 433 g/mol. The summed E-state index contributed by atoms with van der Waals surface area (Å²) in [4.78, 5) is 26.7. The van der Waals surface area contributed by atoms with E-state index in [1.807, 2.05) is 60.7 Å². The van der Waals surface area contributed by atoms with E-state index in [4.69, 9.17) is 0 Å². The first kappa shape index (κ1) is 21.5. The molecule has 2 N–H and O–H groups in total. The van der Waals surface area contributed by atoms with Gasteiger partial charge in [0.25, 0.3) is 0 Å². The van der Waals surface area contributed by atoms with Gasteiger partial charge in [-0.1, -0.05) is 53.6 Å². The molecule has 0 aliphatic carbocycles. The molecule has 3 aromatic rings. The van der Waals surface area contributed by atoms with Crippen LogP contribution in [0.1, 0.15) is 25.3 Å². The molecule has 9 nitrogen and oxygen atoms in total. The third kappa shape index (κ3) is 5.29. The zero-order valence-corrected chi connectivity index (χ0v) is 18.0. The number of anilines is 1. The smallest absolute Gasteiger partial charge is 0.250 e. The molecule has 1 aliphatic heterocycles. The summed E-state index contributed by atoms with van der Waals surface area (Å²) in [5.74, 6) is 0.321.